The molecule has 0 aliphatic carbocycles. The fraction of sp³-hybridized carbons (Fsp3) is 0.136. The molecule has 0 radical (unpaired) electrons. The van der Waals surface area contributed by atoms with Crippen LogP contribution in [-0.4, -0.2) is 20.1 Å². The zero-order valence-corrected chi connectivity index (χ0v) is 15.2. The van der Waals surface area contributed by atoms with Crippen LogP contribution in [0.3, 0.4) is 0 Å². The maximum absolute atomic E-state index is 12.5. The number of benzene rings is 2. The molecule has 3 rings (SSSR count). The van der Waals surface area contributed by atoms with Gasteiger partial charge in [-0.3, -0.25) is 4.79 Å². The Labute approximate surface area is 158 Å². The van der Waals surface area contributed by atoms with Crippen LogP contribution >= 0.6 is 0 Å². The monoisotopic (exact) mass is 363 g/mol. The van der Waals surface area contributed by atoms with Gasteiger partial charge in [0.25, 0.3) is 0 Å². The highest BCUT2D eigenvalue weighted by Crippen LogP contribution is 2.25. The van der Waals surface area contributed by atoms with Crippen LogP contribution in [0.5, 0.6) is 11.5 Å². The fourth-order valence-electron chi connectivity index (χ4n) is 2.75. The van der Waals surface area contributed by atoms with Crippen LogP contribution < -0.4 is 14.8 Å². The minimum atomic E-state index is -0.370. The lowest BCUT2D eigenvalue weighted by molar-refractivity contribution is -0.117. The molecule has 1 amide bonds. The molecule has 27 heavy (non-hydrogen) atoms. The number of furan rings is 1. The Morgan fingerprint density at radius 1 is 1.04 bits per heavy atom. The lowest BCUT2D eigenvalue weighted by atomic mass is 10.0. The van der Waals surface area contributed by atoms with E-state index in [9.17, 15) is 4.79 Å². The maximum atomic E-state index is 12.5. The highest BCUT2D eigenvalue weighted by atomic mass is 16.5. The van der Waals surface area contributed by atoms with E-state index in [1.165, 1.54) is 6.08 Å². The molecule has 0 fully saturated rings. The summed E-state index contributed by atoms with van der Waals surface area (Å²) < 4.78 is 16.1. The summed E-state index contributed by atoms with van der Waals surface area (Å²) in [7, 11) is 3.18. The van der Waals surface area contributed by atoms with E-state index in [1.54, 1.807) is 44.8 Å². The molecule has 1 atom stereocenters. The van der Waals surface area contributed by atoms with Gasteiger partial charge in [0.05, 0.1) is 20.5 Å². The first-order valence-corrected chi connectivity index (χ1v) is 8.50. The summed E-state index contributed by atoms with van der Waals surface area (Å²) in [6, 6.07) is 18.4. The van der Waals surface area contributed by atoms with Crippen molar-refractivity contribution in [1.82, 2.24) is 5.32 Å². The van der Waals surface area contributed by atoms with E-state index in [0.29, 0.717) is 17.3 Å². The number of carbonyl (C=O) groups is 1. The van der Waals surface area contributed by atoms with Crippen LogP contribution in [0.25, 0.3) is 6.08 Å². The van der Waals surface area contributed by atoms with Crippen LogP contribution in [0.4, 0.5) is 0 Å². The van der Waals surface area contributed by atoms with E-state index in [4.69, 9.17) is 13.9 Å². The van der Waals surface area contributed by atoms with E-state index in [0.717, 1.165) is 11.1 Å². The van der Waals surface area contributed by atoms with Crippen molar-refractivity contribution in [3.05, 3.63) is 89.9 Å². The van der Waals surface area contributed by atoms with Gasteiger partial charge in [0.15, 0.2) is 0 Å². The summed E-state index contributed by atoms with van der Waals surface area (Å²) in [5, 5.41) is 2.98. The minimum absolute atomic E-state index is 0.245. The van der Waals surface area contributed by atoms with Crippen molar-refractivity contribution in [1.29, 1.82) is 0 Å². The third kappa shape index (κ3) is 4.58. The van der Waals surface area contributed by atoms with E-state index < -0.39 is 0 Å². The normalized spacial score (nSPS) is 11.9. The van der Waals surface area contributed by atoms with Crippen molar-refractivity contribution in [3.63, 3.8) is 0 Å². The van der Waals surface area contributed by atoms with Gasteiger partial charge in [0.2, 0.25) is 5.91 Å². The van der Waals surface area contributed by atoms with Gasteiger partial charge >= 0.3 is 0 Å². The van der Waals surface area contributed by atoms with E-state index in [2.05, 4.69) is 5.32 Å². The number of ether oxygens (including phenoxy) is 2. The molecule has 0 unspecified atom stereocenters. The fourth-order valence-corrected chi connectivity index (χ4v) is 2.75. The zero-order valence-electron chi connectivity index (χ0n) is 15.2. The third-order valence-corrected chi connectivity index (χ3v) is 4.10. The third-order valence-electron chi connectivity index (χ3n) is 4.10. The van der Waals surface area contributed by atoms with Gasteiger partial charge in [0.1, 0.15) is 23.3 Å². The number of methoxy groups -OCH3 is 2. The summed E-state index contributed by atoms with van der Waals surface area (Å²) >= 11 is 0. The Balaban J connectivity index is 1.80. The Morgan fingerprint density at radius 3 is 2.52 bits per heavy atom. The minimum Gasteiger partial charge on any atom is -0.497 e. The van der Waals surface area contributed by atoms with Crippen LogP contribution in [-0.2, 0) is 4.79 Å². The number of rotatable bonds is 7. The van der Waals surface area contributed by atoms with E-state index >= 15 is 0 Å². The second-order valence-electron chi connectivity index (χ2n) is 5.81. The molecule has 138 valence electrons. The molecule has 5 nitrogen and oxygen atoms in total. The van der Waals surface area contributed by atoms with Gasteiger partial charge in [-0.2, -0.15) is 0 Å². The van der Waals surface area contributed by atoms with Gasteiger partial charge in [-0.05, 0) is 42.0 Å². The first-order chi connectivity index (χ1) is 13.2. The average Bonchev–Trinajstić information content (AvgIpc) is 3.25. The molecule has 1 heterocycles. The van der Waals surface area contributed by atoms with Crippen molar-refractivity contribution in [2.24, 2.45) is 0 Å². The standard InChI is InChI=1S/C22H21NO4/c1-25-18-11-12-19(26-2)17(15-18)10-13-21(24)23-22(20-9-6-14-27-20)16-7-4-3-5-8-16/h3-15,22H,1-2H3,(H,23,24)/b13-10+/t22-/m0/s1. The Morgan fingerprint density at radius 2 is 1.85 bits per heavy atom. The molecular weight excluding hydrogens is 342 g/mol. The van der Waals surface area contributed by atoms with E-state index in [-0.39, 0.29) is 11.9 Å². The van der Waals surface area contributed by atoms with Gasteiger partial charge in [-0.15, -0.1) is 0 Å². The van der Waals surface area contributed by atoms with E-state index in [1.807, 2.05) is 42.5 Å². The number of nitrogens with one attached hydrogen (secondary N) is 1. The summed E-state index contributed by atoms with van der Waals surface area (Å²) in [5.74, 6) is 1.77. The summed E-state index contributed by atoms with van der Waals surface area (Å²) in [5.41, 5.74) is 1.69. The molecule has 5 heteroatoms. The van der Waals surface area contributed by atoms with Crippen LogP contribution in [0.15, 0.2) is 77.4 Å². The summed E-state index contributed by atoms with van der Waals surface area (Å²) in [6.45, 7) is 0. The molecular formula is C22H21NO4. The molecule has 0 saturated carbocycles. The molecule has 1 N–H and O–H groups in total. The number of hydrogen-bond acceptors (Lipinski definition) is 4. The van der Waals surface area contributed by atoms with Crippen molar-refractivity contribution in [2.45, 2.75) is 6.04 Å². The second kappa shape index (κ2) is 8.76. The van der Waals surface area contributed by atoms with Gasteiger partial charge in [-0.1, -0.05) is 30.3 Å². The van der Waals surface area contributed by atoms with Crippen molar-refractivity contribution < 1.29 is 18.7 Å². The molecule has 1 aromatic heterocycles. The molecule has 2 aromatic carbocycles. The Bertz CT molecular complexity index is 901. The van der Waals surface area contributed by atoms with Crippen molar-refractivity contribution in [3.8, 4) is 11.5 Å². The summed E-state index contributed by atoms with van der Waals surface area (Å²) in [4.78, 5) is 12.5. The lowest BCUT2D eigenvalue weighted by Gasteiger charge is -2.16. The first kappa shape index (κ1) is 18.3. The molecule has 3 aromatic rings. The van der Waals surface area contributed by atoms with Gasteiger partial charge < -0.3 is 19.2 Å². The van der Waals surface area contributed by atoms with Crippen LogP contribution in [0.1, 0.15) is 22.9 Å². The predicted molar refractivity (Wildman–Crippen MR) is 104 cm³/mol. The molecule has 0 saturated heterocycles. The Kier molecular flexibility index (Phi) is 5.94. The molecule has 0 aliphatic rings. The quantitative estimate of drug-likeness (QED) is 0.639. The van der Waals surface area contributed by atoms with Gasteiger partial charge in [-0.25, -0.2) is 0 Å². The largest absolute Gasteiger partial charge is 0.497 e. The topological polar surface area (TPSA) is 60.7 Å². The van der Waals surface area contributed by atoms with Gasteiger partial charge in [0, 0.05) is 11.6 Å². The number of carbonyl (C=O) groups excluding carboxylic acids is 1. The number of hydrogen-bond donors (Lipinski definition) is 1. The highest BCUT2D eigenvalue weighted by molar-refractivity contribution is 5.92. The molecule has 0 aliphatic heterocycles. The maximum Gasteiger partial charge on any atom is 0.244 e. The SMILES string of the molecule is COc1ccc(OC)c(/C=C/C(=O)N[C@@H](c2ccccc2)c2ccco2)c1. The first-order valence-electron chi connectivity index (χ1n) is 8.50. The lowest BCUT2D eigenvalue weighted by Crippen LogP contribution is -2.27. The Hall–Kier alpha value is -3.47. The summed E-state index contributed by atoms with van der Waals surface area (Å²) in [6.07, 6.45) is 4.76. The molecule has 0 bridgehead atoms. The number of amides is 1. The smallest absolute Gasteiger partial charge is 0.244 e. The van der Waals surface area contributed by atoms with Crippen molar-refractivity contribution >= 4 is 12.0 Å². The highest BCUT2D eigenvalue weighted by Gasteiger charge is 2.18. The predicted octanol–water partition coefficient (Wildman–Crippen LogP) is 4.22. The van der Waals surface area contributed by atoms with Crippen LogP contribution in [0.2, 0.25) is 0 Å². The second-order valence-corrected chi connectivity index (χ2v) is 5.81. The van der Waals surface area contributed by atoms with Crippen LogP contribution in [0, 0.1) is 0 Å². The zero-order chi connectivity index (χ0) is 19.1. The van der Waals surface area contributed by atoms with Crippen molar-refractivity contribution in [2.75, 3.05) is 14.2 Å². The molecule has 0 spiro atoms. The average molecular weight is 363 g/mol.